The lowest BCUT2D eigenvalue weighted by Crippen LogP contribution is -2.45. The van der Waals surface area contributed by atoms with E-state index >= 15 is 0 Å². The molecule has 3 N–H and O–H groups in total. The molecule has 9 nitrogen and oxygen atoms in total. The predicted octanol–water partition coefficient (Wildman–Crippen LogP) is 5.52. The number of thiophene rings is 1. The number of carboxylic acid groups (broad SMARTS) is 1. The molecule has 0 spiro atoms. The Labute approximate surface area is 249 Å². The van der Waals surface area contributed by atoms with Gasteiger partial charge in [-0.1, -0.05) is 56.3 Å². The van der Waals surface area contributed by atoms with E-state index in [4.69, 9.17) is 4.74 Å². The zero-order valence-electron chi connectivity index (χ0n) is 23.9. The fourth-order valence-corrected chi connectivity index (χ4v) is 5.64. The Bertz CT molecular complexity index is 1510. The van der Waals surface area contributed by atoms with Crippen molar-refractivity contribution in [1.82, 2.24) is 10.2 Å². The smallest absolute Gasteiger partial charge is 0.326 e. The summed E-state index contributed by atoms with van der Waals surface area (Å²) in [5, 5.41) is 26.7. The van der Waals surface area contributed by atoms with Crippen LogP contribution in [0.3, 0.4) is 0 Å². The third-order valence-corrected chi connectivity index (χ3v) is 7.55. The lowest BCUT2D eigenvalue weighted by atomic mass is 10.1. The van der Waals surface area contributed by atoms with E-state index in [2.05, 4.69) is 31.2 Å². The molecule has 1 fully saturated rings. The SMILES string of the molecule is CC(C)C.O=C(NCC(=O)N1CCCC1C(=O)O)c1sccc1/C=C/COc1ccc2c(c1)/C(=N\O)c1ccccc1-2. The fraction of sp³-hybridized carbons (Fsp3) is 0.312. The number of benzene rings is 2. The number of carbonyl (C=O) groups excluding carboxylic acids is 2. The number of likely N-dealkylation sites (tertiary alicyclic amines) is 1. The van der Waals surface area contributed by atoms with E-state index in [1.807, 2.05) is 42.5 Å². The highest BCUT2D eigenvalue weighted by Gasteiger charge is 2.34. The third kappa shape index (κ3) is 7.06. The molecule has 0 bridgehead atoms. The van der Waals surface area contributed by atoms with Crippen molar-refractivity contribution in [3.63, 3.8) is 0 Å². The van der Waals surface area contributed by atoms with E-state index < -0.39 is 23.8 Å². The van der Waals surface area contributed by atoms with E-state index in [1.54, 1.807) is 23.6 Å². The number of amides is 2. The van der Waals surface area contributed by atoms with Crippen molar-refractivity contribution in [3.8, 4) is 16.9 Å². The van der Waals surface area contributed by atoms with Gasteiger partial charge in [-0.15, -0.1) is 11.3 Å². The van der Waals surface area contributed by atoms with E-state index in [0.29, 0.717) is 41.3 Å². The molecule has 1 unspecified atom stereocenters. The average molecular weight is 590 g/mol. The molecule has 2 aromatic carbocycles. The average Bonchev–Trinajstić information content (AvgIpc) is 3.71. The van der Waals surface area contributed by atoms with Gasteiger partial charge < -0.3 is 25.3 Å². The second-order valence-corrected chi connectivity index (χ2v) is 11.5. The minimum absolute atomic E-state index is 0.248. The molecule has 3 aromatic rings. The number of nitrogens with zero attached hydrogens (tertiary/aromatic N) is 2. The molecule has 220 valence electrons. The molecular weight excluding hydrogens is 554 g/mol. The van der Waals surface area contributed by atoms with Crippen LogP contribution in [0.5, 0.6) is 5.75 Å². The van der Waals surface area contributed by atoms with Crippen molar-refractivity contribution in [1.29, 1.82) is 0 Å². The maximum absolute atomic E-state index is 12.7. The van der Waals surface area contributed by atoms with Gasteiger partial charge in [0.05, 0.1) is 11.4 Å². The highest BCUT2D eigenvalue weighted by molar-refractivity contribution is 7.12. The number of hydrogen-bond acceptors (Lipinski definition) is 7. The molecule has 1 saturated heterocycles. The minimum Gasteiger partial charge on any atom is -0.490 e. The van der Waals surface area contributed by atoms with Gasteiger partial charge in [0.1, 0.15) is 24.1 Å². The van der Waals surface area contributed by atoms with Gasteiger partial charge in [-0.25, -0.2) is 4.79 Å². The number of ether oxygens (including phenoxy) is 1. The Balaban J connectivity index is 0.000000952. The van der Waals surface area contributed by atoms with Crippen LogP contribution < -0.4 is 10.1 Å². The van der Waals surface area contributed by atoms with Crippen LogP contribution in [-0.4, -0.2) is 64.4 Å². The van der Waals surface area contributed by atoms with Gasteiger partial charge >= 0.3 is 5.97 Å². The molecule has 0 radical (unpaired) electrons. The van der Waals surface area contributed by atoms with Crippen molar-refractivity contribution in [2.75, 3.05) is 19.7 Å². The van der Waals surface area contributed by atoms with Crippen molar-refractivity contribution < 1.29 is 29.4 Å². The number of carboxylic acids is 1. The molecule has 2 heterocycles. The van der Waals surface area contributed by atoms with Crippen LogP contribution in [0.25, 0.3) is 17.2 Å². The van der Waals surface area contributed by atoms with Crippen molar-refractivity contribution >= 4 is 40.9 Å². The molecule has 5 rings (SSSR count). The monoisotopic (exact) mass is 589 g/mol. The van der Waals surface area contributed by atoms with Gasteiger partial charge in [0, 0.05) is 17.7 Å². The summed E-state index contributed by atoms with van der Waals surface area (Å²) in [5.41, 5.74) is 4.85. The first kappa shape index (κ1) is 30.5. The maximum atomic E-state index is 12.7. The largest absolute Gasteiger partial charge is 0.490 e. The predicted molar refractivity (Wildman–Crippen MR) is 163 cm³/mol. The first-order chi connectivity index (χ1) is 20.2. The van der Waals surface area contributed by atoms with Gasteiger partial charge in [-0.3, -0.25) is 9.59 Å². The van der Waals surface area contributed by atoms with Crippen molar-refractivity contribution in [2.24, 2.45) is 11.1 Å². The van der Waals surface area contributed by atoms with E-state index in [1.165, 1.54) is 16.2 Å². The van der Waals surface area contributed by atoms with Crippen LogP contribution in [0, 0.1) is 5.92 Å². The van der Waals surface area contributed by atoms with Crippen molar-refractivity contribution in [2.45, 2.75) is 39.7 Å². The number of carbonyl (C=O) groups is 3. The van der Waals surface area contributed by atoms with Crippen LogP contribution in [0.1, 0.15) is 60.0 Å². The number of hydrogen-bond donors (Lipinski definition) is 3. The summed E-state index contributed by atoms with van der Waals surface area (Å²) in [5.74, 6) is -0.376. The van der Waals surface area contributed by atoms with Gasteiger partial charge in [-0.05, 0) is 71.2 Å². The molecule has 1 atom stereocenters. The lowest BCUT2D eigenvalue weighted by Gasteiger charge is -2.21. The third-order valence-electron chi connectivity index (χ3n) is 6.62. The van der Waals surface area contributed by atoms with Crippen LogP contribution in [0.15, 0.2) is 65.1 Å². The Kier molecular flexibility index (Phi) is 10.1. The quantitative estimate of drug-likeness (QED) is 0.184. The number of aliphatic carboxylic acids is 1. The Hall–Kier alpha value is -4.44. The normalized spacial score (nSPS) is 16.2. The van der Waals surface area contributed by atoms with Gasteiger partial charge in [0.25, 0.3) is 5.91 Å². The first-order valence-electron chi connectivity index (χ1n) is 13.8. The first-order valence-corrected chi connectivity index (χ1v) is 14.7. The summed E-state index contributed by atoms with van der Waals surface area (Å²) < 4.78 is 5.87. The summed E-state index contributed by atoms with van der Waals surface area (Å²) in [6.45, 7) is 6.87. The van der Waals surface area contributed by atoms with Crippen LogP contribution in [-0.2, 0) is 9.59 Å². The van der Waals surface area contributed by atoms with Crippen molar-refractivity contribution in [3.05, 3.63) is 81.6 Å². The standard InChI is InChI=1S/C28H25N3O6S.C4H10/c32-24(31-12-3-8-23(31)28(34)35)16-29-27(33)26-17(11-14-38-26)5-4-13-37-18-9-10-20-19-6-1-2-7-21(19)25(30-36)22(20)15-18;1-4(2)3/h1-2,4-7,9-11,14-15,23,36H,3,8,12-13,16H2,(H,29,33)(H,34,35);4H,1-3H3/b5-4+,30-25-;. The number of nitrogens with one attached hydrogen (secondary N) is 1. The highest BCUT2D eigenvalue weighted by atomic mass is 32.1. The Morgan fingerprint density at radius 1 is 1.10 bits per heavy atom. The molecule has 1 aliphatic heterocycles. The molecular formula is C32H35N3O6S. The van der Waals surface area contributed by atoms with Crippen LogP contribution in [0.2, 0.25) is 0 Å². The second-order valence-electron chi connectivity index (χ2n) is 10.6. The van der Waals surface area contributed by atoms with Crippen LogP contribution in [0.4, 0.5) is 0 Å². The molecule has 10 heteroatoms. The summed E-state index contributed by atoms with van der Waals surface area (Å²) in [7, 11) is 0. The molecule has 42 heavy (non-hydrogen) atoms. The zero-order chi connectivity index (χ0) is 30.2. The number of oxime groups is 1. The summed E-state index contributed by atoms with van der Waals surface area (Å²) in [6, 6.07) is 14.4. The lowest BCUT2D eigenvalue weighted by molar-refractivity contribution is -0.147. The minimum atomic E-state index is -1.03. The molecule has 2 aliphatic rings. The Morgan fingerprint density at radius 3 is 2.52 bits per heavy atom. The van der Waals surface area contributed by atoms with Crippen LogP contribution >= 0.6 is 11.3 Å². The highest BCUT2D eigenvalue weighted by Crippen LogP contribution is 2.38. The van der Waals surface area contributed by atoms with E-state index in [0.717, 1.165) is 28.2 Å². The van der Waals surface area contributed by atoms with Gasteiger partial charge in [0.2, 0.25) is 5.91 Å². The second kappa shape index (κ2) is 14.0. The summed E-state index contributed by atoms with van der Waals surface area (Å²) in [6.07, 6.45) is 4.62. The topological polar surface area (TPSA) is 129 Å². The summed E-state index contributed by atoms with van der Waals surface area (Å²) >= 11 is 1.25. The van der Waals surface area contributed by atoms with E-state index in [-0.39, 0.29) is 13.2 Å². The maximum Gasteiger partial charge on any atom is 0.326 e. The number of fused-ring (bicyclic) bond motifs is 3. The summed E-state index contributed by atoms with van der Waals surface area (Å²) in [4.78, 5) is 38.2. The number of rotatable bonds is 8. The molecule has 1 aromatic heterocycles. The van der Waals surface area contributed by atoms with E-state index in [9.17, 15) is 24.7 Å². The molecule has 0 saturated carbocycles. The fourth-order valence-electron chi connectivity index (χ4n) is 4.84. The molecule has 1 aliphatic carbocycles. The van der Waals surface area contributed by atoms with Gasteiger partial charge in [-0.2, -0.15) is 0 Å². The zero-order valence-corrected chi connectivity index (χ0v) is 24.7. The Morgan fingerprint density at radius 2 is 1.81 bits per heavy atom. The molecule has 2 amide bonds. The van der Waals surface area contributed by atoms with Gasteiger partial charge in [0.15, 0.2) is 0 Å².